The summed E-state index contributed by atoms with van der Waals surface area (Å²) in [6, 6.07) is 22.6. The lowest BCUT2D eigenvalue weighted by Gasteiger charge is -2.32. The first-order valence-electron chi connectivity index (χ1n) is 11.6. The number of anilines is 1. The lowest BCUT2D eigenvalue weighted by Crippen LogP contribution is -2.52. The minimum Gasteiger partial charge on any atom is -0.352 e. The first kappa shape index (κ1) is 27.2. The quantitative estimate of drug-likeness (QED) is 0.421. The van der Waals surface area contributed by atoms with Crippen LogP contribution in [0.25, 0.3) is 0 Å². The maximum absolute atomic E-state index is 13.7. The van der Waals surface area contributed by atoms with E-state index in [1.807, 2.05) is 44.2 Å². The van der Waals surface area contributed by atoms with Crippen LogP contribution in [-0.4, -0.2) is 43.8 Å². The zero-order valence-corrected chi connectivity index (χ0v) is 22.0. The van der Waals surface area contributed by atoms with E-state index in [1.165, 1.54) is 17.0 Å². The van der Waals surface area contributed by atoms with Gasteiger partial charge in [-0.3, -0.25) is 13.9 Å². The summed E-state index contributed by atoms with van der Waals surface area (Å²) in [4.78, 5) is 28.0. The first-order chi connectivity index (χ1) is 17.1. The Labute approximate surface area is 217 Å². The third-order valence-electron chi connectivity index (χ3n) is 5.53. The number of sulfonamides is 1. The van der Waals surface area contributed by atoms with Gasteiger partial charge in [0, 0.05) is 12.6 Å². The average molecular weight is 528 g/mol. The predicted octanol–water partition coefficient (Wildman–Crippen LogP) is 4.48. The molecular formula is C27H30ClN3O4S. The Hall–Kier alpha value is -3.36. The molecule has 1 atom stereocenters. The van der Waals surface area contributed by atoms with Gasteiger partial charge < -0.3 is 10.2 Å². The lowest BCUT2D eigenvalue weighted by molar-refractivity contribution is -0.139. The zero-order valence-electron chi connectivity index (χ0n) is 20.5. The molecule has 0 saturated heterocycles. The van der Waals surface area contributed by atoms with E-state index in [2.05, 4.69) is 5.32 Å². The van der Waals surface area contributed by atoms with Crippen molar-refractivity contribution in [2.24, 2.45) is 0 Å². The second kappa shape index (κ2) is 12.1. The molecular weight excluding hydrogens is 498 g/mol. The van der Waals surface area contributed by atoms with Crippen LogP contribution in [0.15, 0.2) is 89.8 Å². The van der Waals surface area contributed by atoms with Crippen LogP contribution in [0.1, 0.15) is 26.3 Å². The highest BCUT2D eigenvalue weighted by Gasteiger charge is 2.33. The summed E-state index contributed by atoms with van der Waals surface area (Å²) in [6.45, 7) is 4.89. The fourth-order valence-electron chi connectivity index (χ4n) is 3.65. The number of halogens is 1. The number of carbonyl (C=O) groups is 2. The minimum atomic E-state index is -4.14. The number of hydrogen-bond acceptors (Lipinski definition) is 4. The molecule has 0 heterocycles. The number of para-hydroxylation sites is 1. The Morgan fingerprint density at radius 1 is 0.861 bits per heavy atom. The van der Waals surface area contributed by atoms with E-state index in [-0.39, 0.29) is 34.1 Å². The van der Waals surface area contributed by atoms with Gasteiger partial charge in [-0.25, -0.2) is 8.42 Å². The second-order valence-electron chi connectivity index (χ2n) is 8.62. The Morgan fingerprint density at radius 2 is 1.42 bits per heavy atom. The molecule has 0 fully saturated rings. The fourth-order valence-corrected chi connectivity index (χ4v) is 5.40. The molecule has 0 unspecified atom stereocenters. The molecule has 3 aromatic carbocycles. The van der Waals surface area contributed by atoms with Gasteiger partial charge in [0.2, 0.25) is 11.8 Å². The van der Waals surface area contributed by atoms with Gasteiger partial charge >= 0.3 is 0 Å². The zero-order chi connectivity index (χ0) is 26.3. The average Bonchev–Trinajstić information content (AvgIpc) is 2.86. The summed E-state index contributed by atoms with van der Waals surface area (Å²) in [5.74, 6) is -0.867. The van der Waals surface area contributed by atoms with Crippen molar-refractivity contribution >= 4 is 39.1 Å². The molecule has 7 nitrogen and oxygen atoms in total. The van der Waals surface area contributed by atoms with E-state index >= 15 is 0 Å². The van der Waals surface area contributed by atoms with Gasteiger partial charge in [0.1, 0.15) is 12.6 Å². The van der Waals surface area contributed by atoms with Crippen molar-refractivity contribution < 1.29 is 18.0 Å². The van der Waals surface area contributed by atoms with Gasteiger partial charge in [0.25, 0.3) is 10.0 Å². The van der Waals surface area contributed by atoms with E-state index in [9.17, 15) is 18.0 Å². The van der Waals surface area contributed by atoms with Crippen molar-refractivity contribution in [3.63, 3.8) is 0 Å². The van der Waals surface area contributed by atoms with Gasteiger partial charge in [-0.2, -0.15) is 0 Å². The van der Waals surface area contributed by atoms with Crippen LogP contribution in [0.2, 0.25) is 5.02 Å². The van der Waals surface area contributed by atoms with Gasteiger partial charge in [-0.1, -0.05) is 72.3 Å². The van der Waals surface area contributed by atoms with E-state index in [0.29, 0.717) is 0 Å². The highest BCUT2D eigenvalue weighted by molar-refractivity contribution is 7.92. The fraction of sp³-hybridized carbons (Fsp3) is 0.259. The molecule has 1 N–H and O–H groups in total. The monoisotopic (exact) mass is 527 g/mol. The van der Waals surface area contributed by atoms with Crippen molar-refractivity contribution in [1.82, 2.24) is 10.2 Å². The number of benzene rings is 3. The van der Waals surface area contributed by atoms with Crippen LogP contribution in [0.3, 0.4) is 0 Å². The Morgan fingerprint density at radius 3 is 2.00 bits per heavy atom. The molecule has 36 heavy (non-hydrogen) atoms. The van der Waals surface area contributed by atoms with Crippen molar-refractivity contribution in [1.29, 1.82) is 0 Å². The minimum absolute atomic E-state index is 0.0259. The Balaban J connectivity index is 2.02. The van der Waals surface area contributed by atoms with Crippen molar-refractivity contribution in [2.45, 2.75) is 44.3 Å². The van der Waals surface area contributed by atoms with Crippen LogP contribution in [0.5, 0.6) is 0 Å². The SMILES string of the molecule is CC(C)NC(=O)[C@H](C)N(Cc1ccccc1)C(=O)CN(c1ccccc1Cl)S(=O)(=O)c1ccccc1. The maximum atomic E-state index is 13.7. The van der Waals surface area contributed by atoms with Crippen LogP contribution in [-0.2, 0) is 26.2 Å². The highest BCUT2D eigenvalue weighted by atomic mass is 35.5. The molecule has 2 amide bonds. The summed E-state index contributed by atoms with van der Waals surface area (Å²) in [5.41, 5.74) is 0.987. The van der Waals surface area contributed by atoms with Crippen LogP contribution < -0.4 is 9.62 Å². The van der Waals surface area contributed by atoms with Crippen molar-refractivity contribution in [3.05, 3.63) is 95.5 Å². The summed E-state index contributed by atoms with van der Waals surface area (Å²) in [5, 5.41) is 3.01. The van der Waals surface area contributed by atoms with Crippen molar-refractivity contribution in [3.8, 4) is 0 Å². The Bertz CT molecular complexity index is 1280. The number of carbonyl (C=O) groups excluding carboxylic acids is 2. The first-order valence-corrected chi connectivity index (χ1v) is 13.4. The maximum Gasteiger partial charge on any atom is 0.264 e. The van der Waals surface area contributed by atoms with Gasteiger partial charge in [0.05, 0.1) is 15.6 Å². The largest absolute Gasteiger partial charge is 0.352 e. The summed E-state index contributed by atoms with van der Waals surface area (Å²) >= 11 is 6.38. The van der Waals surface area contributed by atoms with Crippen LogP contribution in [0, 0.1) is 0 Å². The molecule has 0 aliphatic heterocycles. The third kappa shape index (κ3) is 6.65. The Kier molecular flexibility index (Phi) is 9.12. The second-order valence-corrected chi connectivity index (χ2v) is 10.9. The normalized spacial score (nSPS) is 12.1. The molecule has 190 valence electrons. The van der Waals surface area contributed by atoms with Gasteiger partial charge in [-0.15, -0.1) is 0 Å². The highest BCUT2D eigenvalue weighted by Crippen LogP contribution is 2.30. The molecule has 0 bridgehead atoms. The standard InChI is InChI=1S/C27H30ClN3O4S/c1-20(2)29-27(33)21(3)30(18-22-12-6-4-7-13-22)26(32)19-31(25-17-11-10-16-24(25)28)36(34,35)23-14-8-5-9-15-23/h4-17,20-21H,18-19H2,1-3H3,(H,29,33)/t21-/m0/s1. The molecule has 3 aromatic rings. The molecule has 0 radical (unpaired) electrons. The molecule has 3 rings (SSSR count). The number of rotatable bonds is 10. The number of nitrogens with one attached hydrogen (secondary N) is 1. The summed E-state index contributed by atoms with van der Waals surface area (Å²) in [7, 11) is -4.14. The third-order valence-corrected chi connectivity index (χ3v) is 7.62. The molecule has 0 aliphatic rings. The van der Waals surface area contributed by atoms with E-state index in [4.69, 9.17) is 11.6 Å². The van der Waals surface area contributed by atoms with Gasteiger partial charge in [-0.05, 0) is 50.6 Å². The predicted molar refractivity (Wildman–Crippen MR) is 142 cm³/mol. The molecule has 0 aliphatic carbocycles. The van der Waals surface area contributed by atoms with E-state index in [1.54, 1.807) is 49.4 Å². The summed E-state index contributed by atoms with van der Waals surface area (Å²) < 4.78 is 28.3. The number of hydrogen-bond donors (Lipinski definition) is 1. The molecule has 9 heteroatoms. The lowest BCUT2D eigenvalue weighted by atomic mass is 10.1. The van der Waals surface area contributed by atoms with Gasteiger partial charge in [0.15, 0.2) is 0 Å². The number of nitrogens with zero attached hydrogens (tertiary/aromatic N) is 2. The summed E-state index contributed by atoms with van der Waals surface area (Å²) in [6.07, 6.45) is 0. The van der Waals surface area contributed by atoms with E-state index in [0.717, 1.165) is 9.87 Å². The van der Waals surface area contributed by atoms with Crippen molar-refractivity contribution in [2.75, 3.05) is 10.8 Å². The smallest absolute Gasteiger partial charge is 0.264 e. The van der Waals surface area contributed by atoms with E-state index < -0.39 is 28.5 Å². The molecule has 0 aromatic heterocycles. The van der Waals surface area contributed by atoms with Crippen LogP contribution in [0.4, 0.5) is 5.69 Å². The number of amides is 2. The molecule has 0 saturated carbocycles. The topological polar surface area (TPSA) is 86.8 Å². The molecule has 0 spiro atoms. The van der Waals surface area contributed by atoms with Crippen LogP contribution >= 0.6 is 11.6 Å².